The Morgan fingerprint density at radius 1 is 1.14 bits per heavy atom. The monoisotopic (exact) mass is 410 g/mol. The number of anilines is 1. The Morgan fingerprint density at radius 3 is 2.55 bits per heavy atom. The summed E-state index contributed by atoms with van der Waals surface area (Å²) in [5, 5.41) is 0.659. The Hall–Kier alpha value is -2.04. The van der Waals surface area contributed by atoms with Crippen molar-refractivity contribution in [1.82, 2.24) is 4.90 Å². The molecule has 2 heterocycles. The number of benzene rings is 2. The third-order valence-corrected chi connectivity index (χ3v) is 7.02. The number of fused-ring (bicyclic) bond motifs is 2. The van der Waals surface area contributed by atoms with Crippen LogP contribution in [0.4, 0.5) is 5.69 Å². The van der Waals surface area contributed by atoms with Crippen LogP contribution in [0, 0.1) is 6.92 Å². The van der Waals surface area contributed by atoms with Crippen molar-refractivity contribution in [2.24, 2.45) is 0 Å². The van der Waals surface area contributed by atoms with Crippen molar-refractivity contribution in [3.8, 4) is 5.75 Å². The molecule has 0 aromatic heterocycles. The van der Waals surface area contributed by atoms with Gasteiger partial charge in [0.2, 0.25) is 0 Å². The van der Waals surface area contributed by atoms with E-state index in [2.05, 4.69) is 30.0 Å². The maximum Gasteiger partial charge on any atom is 0.264 e. The van der Waals surface area contributed by atoms with Gasteiger partial charge < -0.3 is 14.5 Å². The van der Waals surface area contributed by atoms with Crippen molar-refractivity contribution in [1.29, 1.82) is 0 Å². The fourth-order valence-corrected chi connectivity index (χ4v) is 5.07. The second-order valence-electron chi connectivity index (χ2n) is 8.79. The van der Waals surface area contributed by atoms with Gasteiger partial charge in [0.1, 0.15) is 5.75 Å². The Labute approximate surface area is 177 Å². The maximum absolute atomic E-state index is 13.1. The normalized spacial score (nSPS) is 20.7. The number of rotatable bonds is 4. The van der Waals surface area contributed by atoms with Crippen LogP contribution in [0.3, 0.4) is 0 Å². The number of hydrogen-bond acceptors (Lipinski definition) is 3. The number of ether oxygens (including phenoxy) is 1. The third-order valence-electron chi connectivity index (χ3n) is 6.77. The van der Waals surface area contributed by atoms with Crippen LogP contribution in [-0.2, 0) is 10.2 Å². The molecule has 5 heteroatoms. The van der Waals surface area contributed by atoms with E-state index in [-0.39, 0.29) is 17.9 Å². The van der Waals surface area contributed by atoms with Gasteiger partial charge in [0.25, 0.3) is 5.91 Å². The number of halogens is 1. The SMILES string of the molecule is Cc1ccc2c(c1)C1(CCN(C3CC3)CC1)CN2C(=O)COc1ccc(Cl)cc1. The predicted octanol–water partition coefficient (Wildman–Crippen LogP) is 4.57. The average Bonchev–Trinajstić information content (AvgIpc) is 3.53. The van der Waals surface area contributed by atoms with E-state index < -0.39 is 0 Å². The van der Waals surface area contributed by atoms with E-state index >= 15 is 0 Å². The van der Waals surface area contributed by atoms with Crippen LogP contribution in [0.5, 0.6) is 5.75 Å². The first kappa shape index (κ1) is 19.0. The molecule has 1 saturated carbocycles. The number of aryl methyl sites for hydroxylation is 1. The molecular formula is C24H27ClN2O2. The van der Waals surface area contributed by atoms with Crippen LogP contribution in [0.1, 0.15) is 36.8 Å². The van der Waals surface area contributed by atoms with E-state index in [1.807, 2.05) is 4.90 Å². The topological polar surface area (TPSA) is 32.8 Å². The van der Waals surface area contributed by atoms with Gasteiger partial charge in [-0.1, -0.05) is 29.3 Å². The molecule has 1 spiro atoms. The molecule has 0 radical (unpaired) electrons. The van der Waals surface area contributed by atoms with Crippen LogP contribution in [0.25, 0.3) is 0 Å². The molecular weight excluding hydrogens is 384 g/mol. The van der Waals surface area contributed by atoms with Crippen molar-refractivity contribution >= 4 is 23.2 Å². The number of nitrogens with zero attached hydrogens (tertiary/aromatic N) is 2. The quantitative estimate of drug-likeness (QED) is 0.740. The highest BCUT2D eigenvalue weighted by Gasteiger charge is 2.47. The van der Waals surface area contributed by atoms with E-state index in [1.165, 1.54) is 24.0 Å². The molecule has 152 valence electrons. The molecule has 0 unspecified atom stereocenters. The molecule has 2 fully saturated rings. The molecule has 0 bridgehead atoms. The van der Waals surface area contributed by atoms with Crippen LogP contribution < -0.4 is 9.64 Å². The Morgan fingerprint density at radius 2 is 1.86 bits per heavy atom. The summed E-state index contributed by atoms with van der Waals surface area (Å²) in [5.41, 5.74) is 3.77. The minimum Gasteiger partial charge on any atom is -0.484 e. The lowest BCUT2D eigenvalue weighted by Gasteiger charge is -2.40. The number of carbonyl (C=O) groups is 1. The van der Waals surface area contributed by atoms with E-state index in [0.717, 1.165) is 44.2 Å². The predicted molar refractivity (Wildman–Crippen MR) is 116 cm³/mol. The highest BCUT2D eigenvalue weighted by atomic mass is 35.5. The number of carbonyl (C=O) groups excluding carboxylic acids is 1. The fourth-order valence-electron chi connectivity index (χ4n) is 4.94. The van der Waals surface area contributed by atoms with E-state index in [9.17, 15) is 4.79 Å². The van der Waals surface area contributed by atoms with Crippen LogP contribution >= 0.6 is 11.6 Å². The van der Waals surface area contributed by atoms with Gasteiger partial charge >= 0.3 is 0 Å². The zero-order chi connectivity index (χ0) is 20.0. The molecule has 5 rings (SSSR count). The van der Waals surface area contributed by atoms with Gasteiger partial charge in [-0.25, -0.2) is 0 Å². The highest BCUT2D eigenvalue weighted by Crippen LogP contribution is 2.48. The molecule has 2 aromatic carbocycles. The van der Waals surface area contributed by atoms with Gasteiger partial charge in [0, 0.05) is 28.7 Å². The number of amides is 1. The van der Waals surface area contributed by atoms with Crippen molar-refractivity contribution in [2.75, 3.05) is 31.1 Å². The zero-order valence-corrected chi connectivity index (χ0v) is 17.6. The largest absolute Gasteiger partial charge is 0.484 e. The minimum atomic E-state index is 0.0200. The van der Waals surface area contributed by atoms with Gasteiger partial charge in [0.05, 0.1) is 0 Å². The van der Waals surface area contributed by atoms with Crippen molar-refractivity contribution in [3.63, 3.8) is 0 Å². The molecule has 1 aliphatic carbocycles. The molecule has 1 amide bonds. The number of likely N-dealkylation sites (tertiary alicyclic amines) is 1. The first-order valence-electron chi connectivity index (χ1n) is 10.6. The molecule has 1 saturated heterocycles. The number of hydrogen-bond donors (Lipinski definition) is 0. The lowest BCUT2D eigenvalue weighted by atomic mass is 9.74. The van der Waals surface area contributed by atoms with Crippen molar-refractivity contribution in [2.45, 2.75) is 44.1 Å². The van der Waals surface area contributed by atoms with Gasteiger partial charge in [-0.05, 0) is 81.6 Å². The Bertz CT molecular complexity index is 915. The molecule has 2 aliphatic heterocycles. The number of piperidine rings is 1. The minimum absolute atomic E-state index is 0.0200. The Kier molecular flexibility index (Phi) is 4.79. The zero-order valence-electron chi connectivity index (χ0n) is 16.9. The summed E-state index contributed by atoms with van der Waals surface area (Å²) in [7, 11) is 0. The summed E-state index contributed by atoms with van der Waals surface area (Å²) in [4.78, 5) is 17.7. The summed E-state index contributed by atoms with van der Waals surface area (Å²) < 4.78 is 5.75. The summed E-state index contributed by atoms with van der Waals surface area (Å²) in [6, 6.07) is 14.5. The van der Waals surface area contributed by atoms with Crippen LogP contribution in [0.15, 0.2) is 42.5 Å². The summed E-state index contributed by atoms with van der Waals surface area (Å²) in [6.45, 7) is 5.23. The van der Waals surface area contributed by atoms with E-state index in [1.54, 1.807) is 24.3 Å². The maximum atomic E-state index is 13.1. The molecule has 29 heavy (non-hydrogen) atoms. The van der Waals surface area contributed by atoms with Crippen molar-refractivity contribution < 1.29 is 9.53 Å². The van der Waals surface area contributed by atoms with E-state index in [0.29, 0.717) is 10.8 Å². The standard InChI is InChI=1S/C24H27ClN2O2/c1-17-2-9-22-21(14-17)24(10-12-26(13-11-24)19-5-6-19)16-27(22)23(28)15-29-20-7-3-18(25)4-8-20/h2-4,7-9,14,19H,5-6,10-13,15-16H2,1H3. The van der Waals surface area contributed by atoms with Gasteiger partial charge in [-0.15, -0.1) is 0 Å². The summed E-state index contributed by atoms with van der Waals surface area (Å²) >= 11 is 5.93. The molecule has 3 aliphatic rings. The molecule has 0 N–H and O–H groups in total. The third kappa shape index (κ3) is 3.64. The van der Waals surface area contributed by atoms with Crippen LogP contribution in [0.2, 0.25) is 5.02 Å². The van der Waals surface area contributed by atoms with Gasteiger partial charge in [-0.2, -0.15) is 0 Å². The first-order chi connectivity index (χ1) is 14.0. The molecule has 0 atom stereocenters. The van der Waals surface area contributed by atoms with Crippen molar-refractivity contribution in [3.05, 3.63) is 58.6 Å². The van der Waals surface area contributed by atoms with Gasteiger partial charge in [-0.3, -0.25) is 4.79 Å². The average molecular weight is 411 g/mol. The highest BCUT2D eigenvalue weighted by molar-refractivity contribution is 6.30. The second-order valence-corrected chi connectivity index (χ2v) is 9.23. The lowest BCUT2D eigenvalue weighted by Crippen LogP contribution is -2.47. The Balaban J connectivity index is 1.34. The lowest BCUT2D eigenvalue weighted by molar-refractivity contribution is -0.120. The summed E-state index contributed by atoms with van der Waals surface area (Å²) in [5.74, 6) is 0.685. The molecule has 2 aromatic rings. The fraction of sp³-hybridized carbons (Fsp3) is 0.458. The smallest absolute Gasteiger partial charge is 0.264 e. The van der Waals surface area contributed by atoms with Crippen LogP contribution in [-0.4, -0.2) is 43.1 Å². The summed E-state index contributed by atoms with van der Waals surface area (Å²) in [6.07, 6.45) is 4.97. The first-order valence-corrected chi connectivity index (χ1v) is 11.0. The van der Waals surface area contributed by atoms with Gasteiger partial charge in [0.15, 0.2) is 6.61 Å². The molecule has 4 nitrogen and oxygen atoms in total. The second kappa shape index (κ2) is 7.33. The van der Waals surface area contributed by atoms with E-state index in [4.69, 9.17) is 16.3 Å².